The quantitative estimate of drug-likeness (QED) is 0.443. The van der Waals surface area contributed by atoms with Crippen LogP contribution in [-0.2, 0) is 0 Å². The number of rotatable bonds is 6. The maximum absolute atomic E-state index is 2.66. The number of anilines is 1. The molecule has 0 aliphatic carbocycles. The topological polar surface area (TPSA) is 3.24 Å². The lowest BCUT2D eigenvalue weighted by Crippen LogP contribution is -2.36. The summed E-state index contributed by atoms with van der Waals surface area (Å²) in [5.74, 6) is 1.04. The summed E-state index contributed by atoms with van der Waals surface area (Å²) in [6.45, 7) is 2.30. The molecule has 28 heavy (non-hydrogen) atoms. The minimum Gasteiger partial charge on any atom is -0.353 e. The SMILES string of the molecule is CC[C@@H](c1ccccc1)N1c2ccccc2C=C(CSC)C1c1ccccc1. The Balaban J connectivity index is 1.91. The molecule has 0 N–H and O–H groups in total. The predicted molar refractivity (Wildman–Crippen MR) is 124 cm³/mol. The van der Waals surface area contributed by atoms with Crippen molar-refractivity contribution in [2.24, 2.45) is 0 Å². The van der Waals surface area contributed by atoms with Crippen molar-refractivity contribution in [1.82, 2.24) is 0 Å². The highest BCUT2D eigenvalue weighted by Gasteiger charge is 2.34. The van der Waals surface area contributed by atoms with Gasteiger partial charge in [-0.25, -0.2) is 0 Å². The van der Waals surface area contributed by atoms with Gasteiger partial charge in [-0.2, -0.15) is 11.8 Å². The summed E-state index contributed by atoms with van der Waals surface area (Å²) < 4.78 is 0. The van der Waals surface area contributed by atoms with Gasteiger partial charge < -0.3 is 4.90 Å². The fourth-order valence-electron chi connectivity index (χ4n) is 4.35. The number of nitrogens with zero attached hydrogens (tertiary/aromatic N) is 1. The number of fused-ring (bicyclic) bond motifs is 1. The molecule has 0 spiro atoms. The summed E-state index contributed by atoms with van der Waals surface area (Å²) >= 11 is 1.90. The van der Waals surface area contributed by atoms with Crippen LogP contribution in [0.5, 0.6) is 0 Å². The average molecular weight is 386 g/mol. The lowest BCUT2D eigenvalue weighted by Gasteiger charge is -2.44. The fourth-order valence-corrected chi connectivity index (χ4v) is 4.93. The van der Waals surface area contributed by atoms with Crippen molar-refractivity contribution in [1.29, 1.82) is 0 Å². The van der Waals surface area contributed by atoms with Gasteiger partial charge >= 0.3 is 0 Å². The molecular weight excluding hydrogens is 358 g/mol. The van der Waals surface area contributed by atoms with E-state index in [9.17, 15) is 0 Å². The van der Waals surface area contributed by atoms with Crippen LogP contribution in [0.15, 0.2) is 90.5 Å². The summed E-state index contributed by atoms with van der Waals surface area (Å²) in [5, 5.41) is 0. The predicted octanol–water partition coefficient (Wildman–Crippen LogP) is 7.15. The molecule has 4 rings (SSSR count). The monoisotopic (exact) mass is 385 g/mol. The van der Waals surface area contributed by atoms with Gasteiger partial charge in [0.05, 0.1) is 12.1 Å². The molecule has 0 fully saturated rings. The second kappa shape index (κ2) is 8.70. The first-order chi connectivity index (χ1) is 13.8. The molecule has 0 bridgehead atoms. The lowest BCUT2D eigenvalue weighted by atomic mass is 9.87. The number of benzene rings is 3. The van der Waals surface area contributed by atoms with Gasteiger partial charge in [0, 0.05) is 11.4 Å². The lowest BCUT2D eigenvalue weighted by molar-refractivity contribution is 0.551. The third-order valence-corrected chi connectivity index (χ3v) is 6.14. The molecule has 1 unspecified atom stereocenters. The van der Waals surface area contributed by atoms with Crippen molar-refractivity contribution in [2.45, 2.75) is 25.4 Å². The van der Waals surface area contributed by atoms with Crippen molar-refractivity contribution in [3.05, 3.63) is 107 Å². The van der Waals surface area contributed by atoms with E-state index in [0.29, 0.717) is 6.04 Å². The number of hydrogen-bond acceptors (Lipinski definition) is 2. The van der Waals surface area contributed by atoms with E-state index < -0.39 is 0 Å². The van der Waals surface area contributed by atoms with Crippen LogP contribution in [-0.4, -0.2) is 12.0 Å². The summed E-state index contributed by atoms with van der Waals surface area (Å²) in [6, 6.07) is 31.4. The van der Waals surface area contributed by atoms with Crippen LogP contribution in [0.3, 0.4) is 0 Å². The highest BCUT2D eigenvalue weighted by Crippen LogP contribution is 2.47. The number of hydrogen-bond donors (Lipinski definition) is 0. The van der Waals surface area contributed by atoms with Gasteiger partial charge in [-0.15, -0.1) is 0 Å². The molecule has 1 nitrogen and oxygen atoms in total. The Hall–Kier alpha value is -2.45. The molecule has 1 heterocycles. The molecule has 2 heteroatoms. The van der Waals surface area contributed by atoms with Crippen LogP contribution in [0.2, 0.25) is 0 Å². The smallest absolute Gasteiger partial charge is 0.0773 e. The van der Waals surface area contributed by atoms with E-state index in [1.807, 2.05) is 11.8 Å². The van der Waals surface area contributed by atoms with E-state index >= 15 is 0 Å². The van der Waals surface area contributed by atoms with E-state index in [2.05, 4.69) is 109 Å². The van der Waals surface area contributed by atoms with Gasteiger partial charge in [0.2, 0.25) is 0 Å². The van der Waals surface area contributed by atoms with Gasteiger partial charge in [0.25, 0.3) is 0 Å². The van der Waals surface area contributed by atoms with Crippen LogP contribution in [0.4, 0.5) is 5.69 Å². The molecule has 2 atom stereocenters. The Morgan fingerprint density at radius 1 is 0.857 bits per heavy atom. The second-order valence-corrected chi connectivity index (χ2v) is 8.13. The molecule has 3 aromatic rings. The van der Waals surface area contributed by atoms with Crippen LogP contribution in [0.1, 0.15) is 42.1 Å². The van der Waals surface area contributed by atoms with Gasteiger partial charge in [-0.1, -0.05) is 91.9 Å². The van der Waals surface area contributed by atoms with Gasteiger partial charge in [0.15, 0.2) is 0 Å². The zero-order valence-corrected chi connectivity index (χ0v) is 17.4. The third-order valence-electron chi connectivity index (χ3n) is 5.52. The molecular formula is C26H27NS. The zero-order chi connectivity index (χ0) is 19.3. The molecule has 142 valence electrons. The number of para-hydroxylation sites is 1. The molecule has 0 saturated carbocycles. The summed E-state index contributed by atoms with van der Waals surface area (Å²) in [4.78, 5) is 2.66. The van der Waals surface area contributed by atoms with Crippen LogP contribution in [0.25, 0.3) is 6.08 Å². The second-order valence-electron chi connectivity index (χ2n) is 7.27. The fraction of sp³-hybridized carbons (Fsp3) is 0.231. The summed E-state index contributed by atoms with van der Waals surface area (Å²) in [7, 11) is 0. The molecule has 0 saturated heterocycles. The molecule has 1 aliphatic heterocycles. The Labute approximate surface area is 173 Å². The van der Waals surface area contributed by atoms with Gasteiger partial charge in [0.1, 0.15) is 0 Å². The van der Waals surface area contributed by atoms with Gasteiger partial charge in [-0.3, -0.25) is 0 Å². The summed E-state index contributed by atoms with van der Waals surface area (Å²) in [5.41, 5.74) is 6.88. The van der Waals surface area contributed by atoms with E-state index in [0.717, 1.165) is 12.2 Å². The molecule has 1 aliphatic rings. The number of thioether (sulfide) groups is 1. The minimum atomic E-state index is 0.258. The standard InChI is InChI=1S/C26H27NS/c1-3-24(20-12-6-4-7-13-20)27-25-17-11-10-16-22(25)18-23(19-28-2)26(27)21-14-8-5-9-15-21/h4-18,24,26H,3,19H2,1-2H3/t24-,26?/m0/s1. The van der Waals surface area contributed by atoms with Crippen LogP contribution in [0, 0.1) is 0 Å². The Bertz CT molecular complexity index is 933. The van der Waals surface area contributed by atoms with E-state index in [-0.39, 0.29) is 6.04 Å². The maximum atomic E-state index is 2.66. The van der Waals surface area contributed by atoms with Crippen LogP contribution >= 0.6 is 11.8 Å². The first-order valence-electron chi connectivity index (χ1n) is 10.00. The largest absolute Gasteiger partial charge is 0.353 e. The zero-order valence-electron chi connectivity index (χ0n) is 16.6. The van der Waals surface area contributed by atoms with E-state index in [4.69, 9.17) is 0 Å². The van der Waals surface area contributed by atoms with Crippen molar-refractivity contribution >= 4 is 23.5 Å². The van der Waals surface area contributed by atoms with Crippen LogP contribution < -0.4 is 4.90 Å². The maximum Gasteiger partial charge on any atom is 0.0773 e. The highest BCUT2D eigenvalue weighted by molar-refractivity contribution is 7.98. The third kappa shape index (κ3) is 3.62. The van der Waals surface area contributed by atoms with Gasteiger partial charge in [-0.05, 0) is 41.0 Å². The van der Waals surface area contributed by atoms with Crippen molar-refractivity contribution < 1.29 is 0 Å². The van der Waals surface area contributed by atoms with E-state index in [1.165, 1.54) is 28.0 Å². The first-order valence-corrected chi connectivity index (χ1v) is 11.4. The van der Waals surface area contributed by atoms with Crippen molar-refractivity contribution in [3.63, 3.8) is 0 Å². The Morgan fingerprint density at radius 3 is 2.18 bits per heavy atom. The molecule has 0 amide bonds. The summed E-state index contributed by atoms with van der Waals surface area (Å²) in [6.07, 6.45) is 5.67. The van der Waals surface area contributed by atoms with E-state index in [1.54, 1.807) is 0 Å². The molecule has 0 aromatic heterocycles. The first kappa shape index (κ1) is 18.9. The Morgan fingerprint density at radius 2 is 1.50 bits per heavy atom. The minimum absolute atomic E-state index is 0.258. The normalized spacial score (nSPS) is 17.0. The molecule has 3 aromatic carbocycles. The van der Waals surface area contributed by atoms with Crippen molar-refractivity contribution in [2.75, 3.05) is 16.9 Å². The average Bonchev–Trinajstić information content (AvgIpc) is 2.76. The highest BCUT2D eigenvalue weighted by atomic mass is 32.2. The van der Waals surface area contributed by atoms with Crippen molar-refractivity contribution in [3.8, 4) is 0 Å². The molecule has 0 radical (unpaired) electrons. The Kier molecular flexibility index (Phi) is 5.87.